The van der Waals surface area contributed by atoms with Gasteiger partial charge in [-0.05, 0) is 59.7 Å². The maximum absolute atomic E-state index is 13.7. The summed E-state index contributed by atoms with van der Waals surface area (Å²) in [6.07, 6.45) is 4.16. The molecular formula is C28H15F3N2O5. The van der Waals surface area contributed by atoms with Crippen LogP contribution in [0.4, 0.5) is 13.2 Å². The van der Waals surface area contributed by atoms with Crippen LogP contribution in [-0.2, 0) is 4.79 Å². The van der Waals surface area contributed by atoms with Crippen LogP contribution in [-0.4, -0.2) is 21.7 Å². The van der Waals surface area contributed by atoms with E-state index in [1.54, 1.807) is 30.3 Å². The number of esters is 1. The Bertz CT molecular complexity index is 1630. The first-order chi connectivity index (χ1) is 18.4. The van der Waals surface area contributed by atoms with Gasteiger partial charge in [-0.3, -0.25) is 9.59 Å². The van der Waals surface area contributed by atoms with Crippen molar-refractivity contribution in [3.05, 3.63) is 112 Å². The Hall–Kier alpha value is -4.99. The summed E-state index contributed by atoms with van der Waals surface area (Å²) < 4.78 is 57.8. The Morgan fingerprint density at radius 1 is 0.921 bits per heavy atom. The molecule has 0 aliphatic carbocycles. The molecule has 0 bridgehead atoms. The number of rotatable bonds is 4. The van der Waals surface area contributed by atoms with Gasteiger partial charge < -0.3 is 14.2 Å². The summed E-state index contributed by atoms with van der Waals surface area (Å²) in [7, 11) is 0. The highest BCUT2D eigenvalue weighted by molar-refractivity contribution is 6.15. The van der Waals surface area contributed by atoms with E-state index < -0.39 is 35.1 Å². The van der Waals surface area contributed by atoms with Crippen LogP contribution in [0.25, 0.3) is 6.08 Å². The van der Waals surface area contributed by atoms with Gasteiger partial charge in [0, 0.05) is 23.9 Å². The lowest BCUT2D eigenvalue weighted by atomic mass is 9.84. The Morgan fingerprint density at radius 3 is 2.45 bits per heavy atom. The second-order valence-electron chi connectivity index (χ2n) is 8.53. The number of halogens is 3. The van der Waals surface area contributed by atoms with Gasteiger partial charge >= 0.3 is 12.0 Å². The van der Waals surface area contributed by atoms with Crippen LogP contribution in [0.3, 0.4) is 0 Å². The van der Waals surface area contributed by atoms with Gasteiger partial charge in [0.05, 0.1) is 12.0 Å². The molecule has 0 radical (unpaired) electrons. The van der Waals surface area contributed by atoms with Crippen molar-refractivity contribution in [2.45, 2.75) is 12.3 Å². The largest absolute Gasteiger partial charge is 0.452 e. The maximum Gasteiger partial charge on any atom is 0.321 e. The van der Waals surface area contributed by atoms with Crippen LogP contribution in [0.2, 0.25) is 0 Å². The predicted octanol–water partition coefficient (Wildman–Crippen LogP) is 5.74. The number of fused-ring (bicyclic) bond motifs is 3. The quantitative estimate of drug-likeness (QED) is 0.148. The van der Waals surface area contributed by atoms with Crippen LogP contribution in [0.1, 0.15) is 39.4 Å². The zero-order valence-electron chi connectivity index (χ0n) is 19.3. The standard InChI is InChI=1S/C28H15F3N2O5/c29-19-9-14(10-20(30)25(19)31)11-22-26(35)17-5-6-21-24(27(17)38-22)18(13-23(34)37-21)15-3-1-4-16(12-15)36-28-32-7-2-8-33-28/h1-12,18H,13H2/b22-11-/t18-/m1/s1. The van der Waals surface area contributed by atoms with Crippen LogP contribution < -0.4 is 14.2 Å². The summed E-state index contributed by atoms with van der Waals surface area (Å²) in [5.74, 6) is -5.38. The van der Waals surface area contributed by atoms with E-state index >= 15 is 0 Å². The van der Waals surface area contributed by atoms with Gasteiger partial charge in [-0.2, -0.15) is 0 Å². The van der Waals surface area contributed by atoms with Gasteiger partial charge in [0.2, 0.25) is 5.78 Å². The van der Waals surface area contributed by atoms with Crippen molar-refractivity contribution in [3.8, 4) is 23.3 Å². The topological polar surface area (TPSA) is 87.6 Å². The van der Waals surface area contributed by atoms with Crippen molar-refractivity contribution in [3.63, 3.8) is 0 Å². The Morgan fingerprint density at radius 2 is 1.68 bits per heavy atom. The van der Waals surface area contributed by atoms with Crippen molar-refractivity contribution in [2.75, 3.05) is 0 Å². The van der Waals surface area contributed by atoms with Crippen LogP contribution in [0, 0.1) is 17.5 Å². The van der Waals surface area contributed by atoms with E-state index in [-0.39, 0.29) is 40.8 Å². The van der Waals surface area contributed by atoms with Crippen LogP contribution in [0.5, 0.6) is 23.3 Å². The first-order valence-corrected chi connectivity index (χ1v) is 11.4. The van der Waals surface area contributed by atoms with E-state index in [2.05, 4.69) is 9.97 Å². The summed E-state index contributed by atoms with van der Waals surface area (Å²) in [5.41, 5.74) is 1.23. The number of allylic oxidation sites excluding steroid dienone is 1. The molecule has 0 amide bonds. The zero-order valence-corrected chi connectivity index (χ0v) is 19.3. The molecule has 0 N–H and O–H groups in total. The van der Waals surface area contributed by atoms with Crippen LogP contribution >= 0.6 is 0 Å². The minimum Gasteiger partial charge on any atom is -0.452 e. The van der Waals surface area contributed by atoms with Gasteiger partial charge in [0.25, 0.3) is 0 Å². The molecule has 3 aromatic carbocycles. The van der Waals surface area contributed by atoms with E-state index in [4.69, 9.17) is 14.2 Å². The average Bonchev–Trinajstić information content (AvgIpc) is 3.22. The molecule has 7 nitrogen and oxygen atoms in total. The number of ketones is 1. The van der Waals surface area contributed by atoms with Gasteiger partial charge in [-0.25, -0.2) is 23.1 Å². The SMILES string of the molecule is O=C1C[C@H](c2cccc(Oc3ncccn3)c2)c2c(ccc3c2O/C(=C\c2cc(F)c(F)c(F)c2)C3=O)O1. The highest BCUT2D eigenvalue weighted by Crippen LogP contribution is 2.49. The Kier molecular flexibility index (Phi) is 5.64. The summed E-state index contributed by atoms with van der Waals surface area (Å²) >= 11 is 0. The second-order valence-corrected chi connectivity index (χ2v) is 8.53. The number of nitrogens with zero attached hydrogens (tertiary/aromatic N) is 2. The van der Waals surface area contributed by atoms with Crippen molar-refractivity contribution >= 4 is 17.8 Å². The highest BCUT2D eigenvalue weighted by Gasteiger charge is 2.38. The number of benzene rings is 3. The molecule has 6 rings (SSSR count). The van der Waals surface area contributed by atoms with Gasteiger partial charge in [-0.1, -0.05) is 12.1 Å². The van der Waals surface area contributed by atoms with Gasteiger partial charge in [0.1, 0.15) is 17.2 Å². The van der Waals surface area contributed by atoms with Gasteiger partial charge in [-0.15, -0.1) is 0 Å². The Balaban J connectivity index is 1.39. The molecule has 10 heteroatoms. The lowest BCUT2D eigenvalue weighted by molar-refractivity contribution is -0.135. The smallest absolute Gasteiger partial charge is 0.321 e. The summed E-state index contributed by atoms with van der Waals surface area (Å²) in [4.78, 5) is 33.6. The van der Waals surface area contributed by atoms with Crippen molar-refractivity contribution < 1.29 is 37.0 Å². The molecule has 0 unspecified atom stereocenters. The third-order valence-corrected chi connectivity index (χ3v) is 6.10. The molecular weight excluding hydrogens is 501 g/mol. The number of aromatic nitrogens is 2. The highest BCUT2D eigenvalue weighted by atomic mass is 19.2. The molecule has 1 atom stereocenters. The fourth-order valence-corrected chi connectivity index (χ4v) is 4.44. The first-order valence-electron chi connectivity index (χ1n) is 11.4. The molecule has 188 valence electrons. The van der Waals surface area contributed by atoms with Crippen molar-refractivity contribution in [2.24, 2.45) is 0 Å². The average molecular weight is 516 g/mol. The molecule has 0 saturated carbocycles. The van der Waals surface area contributed by atoms with E-state index in [1.165, 1.54) is 24.5 Å². The summed E-state index contributed by atoms with van der Waals surface area (Å²) in [6, 6.07) is 13.2. The second kappa shape index (κ2) is 9.15. The molecule has 3 heterocycles. The third-order valence-electron chi connectivity index (χ3n) is 6.10. The molecule has 1 aromatic heterocycles. The number of hydrogen-bond donors (Lipinski definition) is 0. The number of Topliss-reactive ketones (excluding diaryl/α,β-unsaturated/α-hetero) is 1. The normalized spacial score (nSPS) is 17.0. The number of hydrogen-bond acceptors (Lipinski definition) is 7. The van der Waals surface area contributed by atoms with Crippen molar-refractivity contribution in [1.29, 1.82) is 0 Å². The molecule has 0 spiro atoms. The number of carbonyl (C=O) groups excluding carboxylic acids is 2. The molecule has 38 heavy (non-hydrogen) atoms. The number of ether oxygens (including phenoxy) is 3. The van der Waals surface area contributed by atoms with Crippen LogP contribution in [0.15, 0.2) is 72.8 Å². The fourth-order valence-electron chi connectivity index (χ4n) is 4.44. The van der Waals surface area contributed by atoms with Crippen molar-refractivity contribution in [1.82, 2.24) is 9.97 Å². The molecule has 0 saturated heterocycles. The third kappa shape index (κ3) is 4.15. The zero-order chi connectivity index (χ0) is 26.4. The number of carbonyl (C=O) groups is 2. The predicted molar refractivity (Wildman–Crippen MR) is 126 cm³/mol. The van der Waals surface area contributed by atoms with Gasteiger partial charge in [0.15, 0.2) is 23.2 Å². The minimum absolute atomic E-state index is 0.0419. The first kappa shape index (κ1) is 23.4. The minimum atomic E-state index is -1.61. The fraction of sp³-hybridized carbons (Fsp3) is 0.0714. The molecule has 2 aliphatic heterocycles. The summed E-state index contributed by atoms with van der Waals surface area (Å²) in [6.45, 7) is 0. The molecule has 2 aliphatic rings. The monoisotopic (exact) mass is 516 g/mol. The van der Waals surface area contributed by atoms with E-state index in [1.807, 2.05) is 0 Å². The lowest BCUT2D eigenvalue weighted by Crippen LogP contribution is -2.21. The Labute approximate surface area is 213 Å². The lowest BCUT2D eigenvalue weighted by Gasteiger charge is -2.26. The molecule has 4 aromatic rings. The van der Waals surface area contributed by atoms with E-state index in [0.29, 0.717) is 16.9 Å². The summed E-state index contributed by atoms with van der Waals surface area (Å²) in [5, 5.41) is 0. The maximum atomic E-state index is 13.7. The van der Waals surface area contributed by atoms with E-state index in [9.17, 15) is 22.8 Å². The molecule has 0 fully saturated rings. The van der Waals surface area contributed by atoms with E-state index in [0.717, 1.165) is 18.2 Å².